The molecule has 0 radical (unpaired) electrons. The summed E-state index contributed by atoms with van der Waals surface area (Å²) < 4.78 is 5.12. The largest absolute Gasteiger partial charge is 0.447 e. The van der Waals surface area contributed by atoms with Crippen molar-refractivity contribution in [1.29, 1.82) is 0 Å². The van der Waals surface area contributed by atoms with Crippen LogP contribution in [0.4, 0.5) is 10.5 Å². The minimum absolute atomic E-state index is 0.0323. The van der Waals surface area contributed by atoms with Gasteiger partial charge in [0.05, 0.1) is 11.0 Å². The van der Waals surface area contributed by atoms with Gasteiger partial charge in [0.1, 0.15) is 6.61 Å². The molecule has 0 N–H and O–H groups in total. The van der Waals surface area contributed by atoms with Crippen LogP contribution in [-0.2, 0) is 4.74 Å². The molecule has 1 saturated heterocycles. The van der Waals surface area contributed by atoms with Crippen LogP contribution in [0.5, 0.6) is 0 Å². The number of carbonyl (C=O) groups is 1. The second-order valence-corrected chi connectivity index (χ2v) is 5.08. The number of carbonyl (C=O) groups excluding carboxylic acids is 1. The first-order chi connectivity index (χ1) is 11.1. The van der Waals surface area contributed by atoms with Crippen LogP contribution in [0.25, 0.3) is 6.08 Å². The summed E-state index contributed by atoms with van der Waals surface area (Å²) in [5.74, 6) is 0. The number of nitrogens with zero attached hydrogens (tertiary/aromatic N) is 2. The third-order valence-corrected chi connectivity index (χ3v) is 3.63. The van der Waals surface area contributed by atoms with E-state index < -0.39 is 11.0 Å². The summed E-state index contributed by atoms with van der Waals surface area (Å²) in [4.78, 5) is 23.6. The molecule has 0 unspecified atom stereocenters. The number of hydrogen-bond acceptors (Lipinski definition) is 4. The summed E-state index contributed by atoms with van der Waals surface area (Å²) >= 11 is 0. The van der Waals surface area contributed by atoms with E-state index in [0.717, 1.165) is 11.1 Å². The van der Waals surface area contributed by atoms with Gasteiger partial charge in [0.15, 0.2) is 0 Å². The summed E-state index contributed by atoms with van der Waals surface area (Å²) in [6.45, 7) is 0.299. The van der Waals surface area contributed by atoms with Crippen molar-refractivity contribution in [2.24, 2.45) is 0 Å². The molecule has 2 aromatic rings. The third-order valence-electron chi connectivity index (χ3n) is 3.63. The van der Waals surface area contributed by atoms with Gasteiger partial charge in [-0.15, -0.1) is 0 Å². The van der Waals surface area contributed by atoms with Gasteiger partial charge < -0.3 is 4.74 Å². The topological polar surface area (TPSA) is 72.7 Å². The molecule has 1 atom stereocenters. The van der Waals surface area contributed by atoms with E-state index in [4.69, 9.17) is 4.74 Å². The van der Waals surface area contributed by atoms with E-state index >= 15 is 0 Å². The maximum absolute atomic E-state index is 11.9. The van der Waals surface area contributed by atoms with Crippen molar-refractivity contribution >= 4 is 17.9 Å². The summed E-state index contributed by atoms with van der Waals surface area (Å²) in [6, 6.07) is 15.6. The molecule has 1 fully saturated rings. The Kier molecular flexibility index (Phi) is 4.05. The molecule has 116 valence electrons. The van der Waals surface area contributed by atoms with Gasteiger partial charge in [0, 0.05) is 18.3 Å². The van der Waals surface area contributed by atoms with E-state index in [9.17, 15) is 14.9 Å². The average molecular weight is 310 g/mol. The lowest BCUT2D eigenvalue weighted by atomic mass is 10.1. The molecule has 0 aromatic heterocycles. The number of benzene rings is 2. The molecule has 3 rings (SSSR count). The zero-order valence-corrected chi connectivity index (χ0v) is 12.2. The van der Waals surface area contributed by atoms with E-state index in [1.165, 1.54) is 17.0 Å². The molecule has 1 aliphatic rings. The van der Waals surface area contributed by atoms with Gasteiger partial charge in [-0.05, 0) is 29.3 Å². The van der Waals surface area contributed by atoms with Crippen molar-refractivity contribution < 1.29 is 14.5 Å². The van der Waals surface area contributed by atoms with Crippen molar-refractivity contribution in [2.45, 2.75) is 6.04 Å². The second-order valence-electron chi connectivity index (χ2n) is 5.08. The summed E-state index contributed by atoms with van der Waals surface area (Å²) in [6.07, 6.45) is 2.97. The van der Waals surface area contributed by atoms with Gasteiger partial charge in [-0.3, -0.25) is 15.0 Å². The molecule has 1 heterocycles. The molecule has 23 heavy (non-hydrogen) atoms. The molecular formula is C17H14N2O4. The molecule has 0 bridgehead atoms. The second kappa shape index (κ2) is 6.31. The van der Waals surface area contributed by atoms with Crippen LogP contribution >= 0.6 is 0 Å². The Bertz CT molecular complexity index is 741. The number of ether oxygens (including phenoxy) is 1. The predicted molar refractivity (Wildman–Crippen MR) is 84.5 cm³/mol. The molecule has 6 nitrogen and oxygen atoms in total. The highest BCUT2D eigenvalue weighted by molar-refractivity contribution is 5.73. The Balaban J connectivity index is 1.79. The van der Waals surface area contributed by atoms with Gasteiger partial charge in [-0.1, -0.05) is 30.3 Å². The maximum Gasteiger partial charge on any atom is 0.414 e. The number of cyclic esters (lactones) is 1. The zero-order chi connectivity index (χ0) is 16.2. The molecule has 2 aromatic carbocycles. The van der Waals surface area contributed by atoms with Crippen molar-refractivity contribution in [3.63, 3.8) is 0 Å². The molecule has 1 amide bonds. The fraction of sp³-hybridized carbons (Fsp3) is 0.118. The first-order valence-electron chi connectivity index (χ1n) is 7.08. The Morgan fingerprint density at radius 2 is 1.83 bits per heavy atom. The monoisotopic (exact) mass is 310 g/mol. The number of amides is 1. The first-order valence-corrected chi connectivity index (χ1v) is 7.08. The molecule has 0 aliphatic carbocycles. The highest BCUT2D eigenvalue weighted by Crippen LogP contribution is 2.28. The summed E-state index contributed by atoms with van der Waals surface area (Å²) in [5, 5.41) is 10.6. The number of non-ortho nitro benzene ring substituents is 1. The van der Waals surface area contributed by atoms with E-state index in [1.54, 1.807) is 24.4 Å². The van der Waals surface area contributed by atoms with Crippen LogP contribution in [0.15, 0.2) is 60.8 Å². The van der Waals surface area contributed by atoms with Gasteiger partial charge >= 0.3 is 6.09 Å². The van der Waals surface area contributed by atoms with Crippen molar-refractivity contribution in [3.8, 4) is 0 Å². The Morgan fingerprint density at radius 1 is 1.13 bits per heavy atom. The minimum atomic E-state index is -0.448. The van der Waals surface area contributed by atoms with Crippen LogP contribution in [0.3, 0.4) is 0 Å². The molecule has 1 aliphatic heterocycles. The van der Waals surface area contributed by atoms with Gasteiger partial charge in [-0.25, -0.2) is 4.79 Å². The Morgan fingerprint density at radius 3 is 2.48 bits per heavy atom. The van der Waals surface area contributed by atoms with Crippen molar-refractivity contribution in [3.05, 3.63) is 82.0 Å². The molecule has 0 spiro atoms. The van der Waals surface area contributed by atoms with Gasteiger partial charge in [0.25, 0.3) is 5.69 Å². The van der Waals surface area contributed by atoms with Crippen molar-refractivity contribution in [2.75, 3.05) is 6.61 Å². The van der Waals surface area contributed by atoms with Crippen LogP contribution in [-0.4, -0.2) is 22.5 Å². The molecule has 0 saturated carbocycles. The highest BCUT2D eigenvalue weighted by atomic mass is 16.6. The van der Waals surface area contributed by atoms with E-state index in [0.29, 0.717) is 6.61 Å². The summed E-state index contributed by atoms with van der Waals surface area (Å²) in [5.41, 5.74) is 1.79. The quantitative estimate of drug-likeness (QED) is 0.636. The number of hydrogen-bond donors (Lipinski definition) is 0. The molecule has 6 heteroatoms. The van der Waals surface area contributed by atoms with E-state index in [2.05, 4.69) is 0 Å². The number of nitro benzene ring substituents is 1. The lowest BCUT2D eigenvalue weighted by Gasteiger charge is -2.17. The maximum atomic E-state index is 11.9. The van der Waals surface area contributed by atoms with Gasteiger partial charge in [-0.2, -0.15) is 0 Å². The smallest absolute Gasteiger partial charge is 0.414 e. The first kappa shape index (κ1) is 14.8. The number of rotatable bonds is 4. The van der Waals surface area contributed by atoms with Crippen molar-refractivity contribution in [1.82, 2.24) is 4.90 Å². The number of nitro groups is 1. The van der Waals surface area contributed by atoms with E-state index in [1.807, 2.05) is 30.3 Å². The van der Waals surface area contributed by atoms with Crippen LogP contribution in [0.2, 0.25) is 0 Å². The van der Waals surface area contributed by atoms with E-state index in [-0.39, 0.29) is 11.7 Å². The highest BCUT2D eigenvalue weighted by Gasteiger charge is 2.32. The SMILES string of the molecule is O=C1OC[C@H](c2ccccc2)N1/C=C\c1ccc([N+](=O)[O-])cc1. The lowest BCUT2D eigenvalue weighted by Crippen LogP contribution is -2.21. The van der Waals surface area contributed by atoms with Crippen LogP contribution in [0.1, 0.15) is 17.2 Å². The Labute approximate surface area is 132 Å². The lowest BCUT2D eigenvalue weighted by molar-refractivity contribution is -0.384. The zero-order valence-electron chi connectivity index (χ0n) is 12.2. The average Bonchev–Trinajstić information content (AvgIpc) is 2.95. The standard InChI is InChI=1S/C17H14N2O4/c20-17-18(16(12-23-17)14-4-2-1-3-5-14)11-10-13-6-8-15(9-7-13)19(21)22/h1-11,16H,12H2/b11-10-/t16-/m1/s1. The fourth-order valence-corrected chi connectivity index (χ4v) is 2.40. The van der Waals surface area contributed by atoms with Crippen LogP contribution < -0.4 is 0 Å². The Hall–Kier alpha value is -3.15. The normalized spacial score (nSPS) is 17.5. The minimum Gasteiger partial charge on any atom is -0.447 e. The van der Waals surface area contributed by atoms with Gasteiger partial charge in [0.2, 0.25) is 0 Å². The fourth-order valence-electron chi connectivity index (χ4n) is 2.40. The summed E-state index contributed by atoms with van der Waals surface area (Å²) in [7, 11) is 0. The molecular weight excluding hydrogens is 296 g/mol. The third kappa shape index (κ3) is 3.21. The predicted octanol–water partition coefficient (Wildman–Crippen LogP) is 3.76. The van der Waals surface area contributed by atoms with Crippen LogP contribution in [0, 0.1) is 10.1 Å².